The molecule has 2 heterocycles. The van der Waals surface area contributed by atoms with Crippen molar-refractivity contribution in [1.29, 1.82) is 0 Å². The van der Waals surface area contributed by atoms with Gasteiger partial charge in [0, 0.05) is 40.5 Å². The molecule has 3 aliphatic rings. The smallest absolute Gasteiger partial charge is 0.213 e. The number of likely N-dealkylation sites (N-methyl/N-ethyl adjacent to an activating group) is 1. The van der Waals surface area contributed by atoms with Crippen LogP contribution in [0.1, 0.15) is 97.2 Å². The zero-order valence-corrected chi connectivity index (χ0v) is 28.7. The van der Waals surface area contributed by atoms with E-state index < -0.39 is 0 Å². The van der Waals surface area contributed by atoms with Gasteiger partial charge < -0.3 is 10.0 Å². The van der Waals surface area contributed by atoms with E-state index in [4.69, 9.17) is 0 Å². The van der Waals surface area contributed by atoms with Crippen LogP contribution in [-0.4, -0.2) is 35.3 Å². The van der Waals surface area contributed by atoms with E-state index in [2.05, 4.69) is 107 Å². The summed E-state index contributed by atoms with van der Waals surface area (Å²) in [7, 11) is 4.21. The zero-order valence-electron chi connectivity index (χ0n) is 28.7. The molecule has 0 atom stereocenters. The Kier molecular flexibility index (Phi) is 6.48. The summed E-state index contributed by atoms with van der Waals surface area (Å²) in [5, 5.41) is 11.7. The van der Waals surface area contributed by atoms with Gasteiger partial charge in [0.1, 0.15) is 12.8 Å². The average molecular weight is 566 g/mol. The van der Waals surface area contributed by atoms with Crippen molar-refractivity contribution in [3.63, 3.8) is 0 Å². The quantitative estimate of drug-likeness (QED) is 0.293. The van der Waals surface area contributed by atoms with Crippen LogP contribution in [0.5, 0.6) is 0 Å². The van der Waals surface area contributed by atoms with Crippen molar-refractivity contribution in [3.8, 4) is 0 Å². The number of benzene rings is 2. The normalized spacial score (nSPS) is 21.2. The number of carbonyl (C=O) groups excluding carboxylic acids is 1. The van der Waals surface area contributed by atoms with Crippen LogP contribution in [0.2, 0.25) is 0 Å². The van der Waals surface area contributed by atoms with Gasteiger partial charge in [-0.1, -0.05) is 13.8 Å². The van der Waals surface area contributed by atoms with E-state index in [0.717, 1.165) is 22.6 Å². The number of anilines is 1. The molecule has 0 fully saturated rings. The van der Waals surface area contributed by atoms with Crippen molar-refractivity contribution in [2.24, 2.45) is 0 Å². The summed E-state index contributed by atoms with van der Waals surface area (Å²) in [6, 6.07) is 0. The van der Waals surface area contributed by atoms with Crippen molar-refractivity contribution >= 4 is 22.9 Å². The first-order chi connectivity index (χ1) is 19.2. The highest BCUT2D eigenvalue weighted by Gasteiger charge is 2.51. The van der Waals surface area contributed by atoms with Gasteiger partial charge in [0.15, 0.2) is 5.71 Å². The molecule has 0 amide bonds. The number of Topliss-reactive ketones (excluding diaryl/α,β-unsaturated/α-hetero) is 1. The van der Waals surface area contributed by atoms with Crippen LogP contribution in [0.15, 0.2) is 33.7 Å². The number of allylic oxidation sites excluding steroid dienone is 5. The van der Waals surface area contributed by atoms with Crippen LogP contribution in [0, 0.1) is 55.4 Å². The highest BCUT2D eigenvalue weighted by molar-refractivity contribution is 6.26. The van der Waals surface area contributed by atoms with Gasteiger partial charge in [-0.3, -0.25) is 4.79 Å². The summed E-state index contributed by atoms with van der Waals surface area (Å²) in [6.45, 7) is 30.6. The molecule has 2 aliphatic heterocycles. The molecule has 42 heavy (non-hydrogen) atoms. The molecule has 4 heteroatoms. The first-order valence-corrected chi connectivity index (χ1v) is 15.2. The largest absolute Gasteiger partial charge is 0.506 e. The second-order valence-electron chi connectivity index (χ2n) is 14.2. The molecule has 0 radical (unpaired) electrons. The molecule has 1 N–H and O–H groups in total. The first kappa shape index (κ1) is 30.1. The number of aliphatic hydroxyl groups excluding tert-OH is 1. The van der Waals surface area contributed by atoms with Gasteiger partial charge in [0.25, 0.3) is 0 Å². The van der Waals surface area contributed by atoms with Crippen LogP contribution in [0.4, 0.5) is 11.4 Å². The maximum Gasteiger partial charge on any atom is 0.213 e. The number of ketones is 1. The molecule has 0 saturated carbocycles. The van der Waals surface area contributed by atoms with Crippen LogP contribution < -0.4 is 4.90 Å². The number of nitrogens with zero attached hydrogens (tertiary/aromatic N) is 2. The van der Waals surface area contributed by atoms with E-state index in [9.17, 15) is 9.90 Å². The minimum Gasteiger partial charge on any atom is -0.506 e. The van der Waals surface area contributed by atoms with Gasteiger partial charge in [-0.05, 0) is 133 Å². The standard InChI is InChI=1S/C38H48N2O2/c1-17-19(3)23(7)31-29(21(17)5)37(11,12)35(39(31)15)25(9)27-33(41)28(34(27)42)26(10)36-38(13,14)30-22(6)18(2)20(4)24(8)32(30)40(36)16/h1-16H3/p+1. The van der Waals surface area contributed by atoms with E-state index in [-0.39, 0.29) is 22.4 Å². The second kappa shape index (κ2) is 9.05. The van der Waals surface area contributed by atoms with Crippen molar-refractivity contribution in [3.05, 3.63) is 89.4 Å². The number of rotatable bonds is 2. The minimum atomic E-state index is -0.307. The van der Waals surface area contributed by atoms with Crippen molar-refractivity contribution in [1.82, 2.24) is 0 Å². The van der Waals surface area contributed by atoms with Gasteiger partial charge in [-0.15, -0.1) is 0 Å². The topological polar surface area (TPSA) is 43.5 Å². The predicted molar refractivity (Wildman–Crippen MR) is 176 cm³/mol. The number of aliphatic hydroxyl groups is 1. The third kappa shape index (κ3) is 3.41. The van der Waals surface area contributed by atoms with E-state index in [1.54, 1.807) is 0 Å². The molecule has 2 aromatic rings. The molecule has 0 bridgehead atoms. The molecule has 0 unspecified atom stereocenters. The monoisotopic (exact) mass is 565 g/mol. The van der Waals surface area contributed by atoms with Crippen molar-refractivity contribution < 1.29 is 14.5 Å². The summed E-state index contributed by atoms with van der Waals surface area (Å²) in [5.74, 6) is 0.0568. The van der Waals surface area contributed by atoms with Crippen LogP contribution in [-0.2, 0) is 15.6 Å². The SMILES string of the molecule is C/C(C1=[N+](C)c2c(C)c(C)c(C)c(C)c2C1(C)C)=C1/C(=O)C(C(/C)=C2/N(C)c3c(C)c(C)c(C)c(C)c3C2(C)C)=C1O. The van der Waals surface area contributed by atoms with Crippen molar-refractivity contribution in [2.75, 3.05) is 19.0 Å². The number of fused-ring (bicyclic) bond motifs is 2. The summed E-state index contributed by atoms with van der Waals surface area (Å²) in [4.78, 5) is 16.3. The lowest BCUT2D eigenvalue weighted by Crippen LogP contribution is -2.35. The van der Waals surface area contributed by atoms with E-state index in [0.29, 0.717) is 11.1 Å². The molecule has 0 saturated heterocycles. The Morgan fingerprint density at radius 3 is 1.69 bits per heavy atom. The fourth-order valence-corrected chi connectivity index (χ4v) is 9.03. The van der Waals surface area contributed by atoms with E-state index >= 15 is 0 Å². The number of hydrogen-bond donors (Lipinski definition) is 1. The number of carbonyl (C=O) groups is 1. The van der Waals surface area contributed by atoms with Gasteiger partial charge in [-0.2, -0.15) is 4.58 Å². The molecular formula is C38H49N2O2+. The fraction of sp³-hybridized carbons (Fsp3) is 0.474. The predicted octanol–water partition coefficient (Wildman–Crippen LogP) is 8.57. The van der Waals surface area contributed by atoms with Gasteiger partial charge in [-0.25, -0.2) is 0 Å². The minimum absolute atomic E-state index is 0.0653. The van der Waals surface area contributed by atoms with Gasteiger partial charge in [0.2, 0.25) is 11.5 Å². The maximum atomic E-state index is 14.1. The van der Waals surface area contributed by atoms with Crippen LogP contribution >= 0.6 is 0 Å². The molecule has 0 aromatic heterocycles. The summed E-state index contributed by atoms with van der Waals surface area (Å²) >= 11 is 0. The van der Waals surface area contributed by atoms with E-state index in [1.165, 1.54) is 67.0 Å². The molecule has 222 valence electrons. The van der Waals surface area contributed by atoms with Crippen LogP contribution in [0.25, 0.3) is 0 Å². The average Bonchev–Trinajstić information content (AvgIpc) is 3.24. The fourth-order valence-electron chi connectivity index (χ4n) is 9.03. The Hall–Kier alpha value is -3.40. The molecule has 4 nitrogen and oxygen atoms in total. The van der Waals surface area contributed by atoms with E-state index in [1.807, 2.05) is 13.8 Å². The lowest BCUT2D eigenvalue weighted by Gasteiger charge is -2.31. The molecule has 5 rings (SSSR count). The van der Waals surface area contributed by atoms with Crippen molar-refractivity contribution in [2.45, 2.75) is 108 Å². The molecular weight excluding hydrogens is 516 g/mol. The highest BCUT2D eigenvalue weighted by atomic mass is 16.3. The third-order valence-corrected chi connectivity index (χ3v) is 11.5. The lowest BCUT2D eigenvalue weighted by atomic mass is 9.71. The zero-order chi connectivity index (χ0) is 31.7. The Morgan fingerprint density at radius 1 is 0.690 bits per heavy atom. The Morgan fingerprint density at radius 2 is 1.17 bits per heavy atom. The second-order valence-corrected chi connectivity index (χ2v) is 14.2. The Labute approximate surface area is 253 Å². The molecule has 1 aliphatic carbocycles. The first-order valence-electron chi connectivity index (χ1n) is 15.2. The summed E-state index contributed by atoms with van der Waals surface area (Å²) < 4.78 is 2.26. The summed E-state index contributed by atoms with van der Waals surface area (Å²) in [5.41, 5.74) is 19.7. The Balaban J connectivity index is 1.70. The van der Waals surface area contributed by atoms with Crippen LogP contribution in [0.3, 0.4) is 0 Å². The Bertz CT molecular complexity index is 1800. The molecule has 0 spiro atoms. The third-order valence-electron chi connectivity index (χ3n) is 11.5. The summed E-state index contributed by atoms with van der Waals surface area (Å²) in [6.07, 6.45) is 0. The number of hydrogen-bond acceptors (Lipinski definition) is 3. The lowest BCUT2D eigenvalue weighted by molar-refractivity contribution is -0.402. The maximum absolute atomic E-state index is 14.1. The van der Waals surface area contributed by atoms with Gasteiger partial charge >= 0.3 is 0 Å². The highest BCUT2D eigenvalue weighted by Crippen LogP contribution is 2.54. The van der Waals surface area contributed by atoms with Gasteiger partial charge in [0.05, 0.1) is 16.6 Å². The molecule has 2 aromatic carbocycles.